The highest BCUT2D eigenvalue weighted by Crippen LogP contribution is 2.48. The Bertz CT molecular complexity index is 2470. The molecule has 3 aromatic heterocycles. The van der Waals surface area contributed by atoms with Crippen molar-refractivity contribution in [1.29, 1.82) is 0 Å². The Kier molecular flexibility index (Phi) is 9.72. The Morgan fingerprint density at radius 3 is 2.22 bits per heavy atom. The lowest BCUT2D eigenvalue weighted by Gasteiger charge is -2.20. The Hall–Kier alpha value is -5.31. The van der Waals surface area contributed by atoms with Gasteiger partial charge in [-0.15, -0.1) is 0 Å². The minimum absolute atomic E-state index is 0.0554. The monoisotopic (exact) mass is 740 g/mol. The van der Waals surface area contributed by atoms with Crippen LogP contribution in [0.4, 0.5) is 0 Å². The first kappa shape index (κ1) is 38.0. The van der Waals surface area contributed by atoms with Gasteiger partial charge in [-0.05, 0) is 118 Å². The third-order valence-corrected chi connectivity index (χ3v) is 11.6. The van der Waals surface area contributed by atoms with Gasteiger partial charge in [0.1, 0.15) is 5.60 Å². The lowest BCUT2D eigenvalue weighted by molar-refractivity contribution is -0.140. The summed E-state index contributed by atoms with van der Waals surface area (Å²) in [5.74, 6) is -0.718. The number of ketones is 1. The molecule has 0 radical (unpaired) electrons. The van der Waals surface area contributed by atoms with Crippen molar-refractivity contribution in [2.75, 3.05) is 7.11 Å². The number of fused-ring (bicyclic) bond motifs is 8. The molecule has 0 saturated heterocycles. The highest BCUT2D eigenvalue weighted by Gasteiger charge is 2.38. The van der Waals surface area contributed by atoms with Crippen LogP contribution in [-0.2, 0) is 20.7 Å². The van der Waals surface area contributed by atoms with Crippen molar-refractivity contribution in [2.24, 2.45) is 0 Å². The van der Waals surface area contributed by atoms with Crippen LogP contribution in [0.3, 0.4) is 0 Å². The Labute approximate surface area is 323 Å². The van der Waals surface area contributed by atoms with E-state index in [0.29, 0.717) is 17.5 Å². The maximum Gasteiger partial charge on any atom is 0.338 e. The molecule has 4 aromatic rings. The molecule has 9 nitrogen and oxygen atoms in total. The average molecular weight is 741 g/mol. The molecule has 2 aliphatic heterocycles. The number of esters is 2. The van der Waals surface area contributed by atoms with Gasteiger partial charge >= 0.3 is 11.9 Å². The minimum atomic E-state index is -0.627. The van der Waals surface area contributed by atoms with E-state index < -0.39 is 5.60 Å². The summed E-state index contributed by atoms with van der Waals surface area (Å²) in [6.45, 7) is 20.6. The molecule has 286 valence electrons. The number of nitrogens with one attached hydrogen (secondary N) is 2. The number of hydrogen-bond donors (Lipinski definition) is 2. The SMILES string of the molecule is CCC1=C(C)c2cc3[nH]c(c(C)c3C(C)C)c(-c3ccc(C(=O)OC(C)(C)C)cc3)c3nc(c4c5[nH]c(cc1n2)c(C)c5C(=O)C4)[C@@H](CCC(=O)OC)[C@@H]3C. The number of carbonyl (C=O) groups is 3. The summed E-state index contributed by atoms with van der Waals surface area (Å²) in [5, 5.41) is 0. The second-order valence-corrected chi connectivity index (χ2v) is 16.6. The molecule has 0 amide bonds. The number of nitrogens with zero attached hydrogens (tertiary/aromatic N) is 2. The second-order valence-electron chi connectivity index (χ2n) is 16.6. The van der Waals surface area contributed by atoms with Crippen LogP contribution in [0.5, 0.6) is 0 Å². The zero-order chi connectivity index (χ0) is 39.7. The molecule has 9 heteroatoms. The molecule has 1 aromatic carbocycles. The Morgan fingerprint density at radius 2 is 1.58 bits per heavy atom. The fraction of sp³-hybridized carbons (Fsp3) is 0.413. The third-order valence-electron chi connectivity index (χ3n) is 11.6. The number of aromatic amines is 2. The van der Waals surface area contributed by atoms with Crippen molar-refractivity contribution >= 4 is 50.9 Å². The summed E-state index contributed by atoms with van der Waals surface area (Å²) < 4.78 is 10.8. The molecule has 1 aliphatic carbocycles. The molecule has 7 rings (SSSR count). The zero-order valence-electron chi connectivity index (χ0n) is 34.0. The lowest BCUT2D eigenvalue weighted by atomic mass is 9.83. The number of Topliss-reactive ketones (excluding diaryl/α,β-unsaturated/α-hetero) is 1. The molecule has 3 aliphatic rings. The van der Waals surface area contributed by atoms with E-state index in [1.165, 1.54) is 18.2 Å². The van der Waals surface area contributed by atoms with Gasteiger partial charge in [-0.1, -0.05) is 39.8 Å². The molecule has 8 bridgehead atoms. The van der Waals surface area contributed by atoms with Gasteiger partial charge in [0, 0.05) is 52.4 Å². The Morgan fingerprint density at radius 1 is 0.909 bits per heavy atom. The number of hydrogen-bond acceptors (Lipinski definition) is 7. The van der Waals surface area contributed by atoms with Crippen LogP contribution in [0.2, 0.25) is 0 Å². The second kappa shape index (κ2) is 14.1. The van der Waals surface area contributed by atoms with E-state index in [9.17, 15) is 14.4 Å². The van der Waals surface area contributed by atoms with Gasteiger partial charge in [-0.25, -0.2) is 9.78 Å². The molecular formula is C46H52N4O5. The number of rotatable bonds is 7. The number of benzene rings is 1. The molecule has 2 atom stereocenters. The van der Waals surface area contributed by atoms with Crippen molar-refractivity contribution in [3.8, 4) is 11.1 Å². The van der Waals surface area contributed by atoms with E-state index in [1.54, 1.807) is 0 Å². The maximum absolute atomic E-state index is 13.9. The van der Waals surface area contributed by atoms with Gasteiger partial charge in [-0.2, -0.15) is 0 Å². The van der Waals surface area contributed by atoms with Crippen LogP contribution in [-0.4, -0.2) is 50.4 Å². The first-order valence-corrected chi connectivity index (χ1v) is 19.5. The number of ether oxygens (including phenoxy) is 2. The van der Waals surface area contributed by atoms with E-state index >= 15 is 0 Å². The van der Waals surface area contributed by atoms with E-state index in [0.717, 1.165) is 84.7 Å². The molecule has 5 heterocycles. The summed E-state index contributed by atoms with van der Waals surface area (Å²) in [5.41, 5.74) is 15.7. The number of H-pyrrole nitrogens is 2. The Balaban J connectivity index is 1.64. The predicted molar refractivity (Wildman–Crippen MR) is 218 cm³/mol. The van der Waals surface area contributed by atoms with Crippen molar-refractivity contribution in [2.45, 2.75) is 118 Å². The van der Waals surface area contributed by atoms with E-state index in [4.69, 9.17) is 19.4 Å². The minimum Gasteiger partial charge on any atom is -0.469 e. The normalized spacial score (nSPS) is 16.7. The van der Waals surface area contributed by atoms with Crippen LogP contribution >= 0.6 is 0 Å². The smallest absolute Gasteiger partial charge is 0.338 e. The predicted octanol–water partition coefficient (Wildman–Crippen LogP) is 10.6. The van der Waals surface area contributed by atoms with Gasteiger partial charge in [-0.3, -0.25) is 14.6 Å². The summed E-state index contributed by atoms with van der Waals surface area (Å²) in [6, 6.07) is 11.8. The van der Waals surface area contributed by atoms with E-state index in [1.807, 2.05) is 52.0 Å². The van der Waals surface area contributed by atoms with Gasteiger partial charge in [0.05, 0.1) is 46.5 Å². The summed E-state index contributed by atoms with van der Waals surface area (Å²) in [4.78, 5) is 57.9. The summed E-state index contributed by atoms with van der Waals surface area (Å²) in [7, 11) is 1.41. The molecule has 0 fully saturated rings. The highest BCUT2D eigenvalue weighted by molar-refractivity contribution is 6.13. The topological polar surface area (TPSA) is 127 Å². The number of allylic oxidation sites excluding steroid dienone is 2. The maximum atomic E-state index is 13.9. The summed E-state index contributed by atoms with van der Waals surface area (Å²) in [6.07, 6.45) is 1.76. The van der Waals surface area contributed by atoms with Crippen LogP contribution in [0.25, 0.3) is 44.3 Å². The van der Waals surface area contributed by atoms with Crippen LogP contribution < -0.4 is 0 Å². The number of aryl methyl sites for hydroxylation is 2. The van der Waals surface area contributed by atoms with Crippen LogP contribution in [0.15, 0.2) is 36.4 Å². The first-order chi connectivity index (χ1) is 26.0. The molecule has 0 unspecified atom stereocenters. The third kappa shape index (κ3) is 6.61. The van der Waals surface area contributed by atoms with Gasteiger partial charge < -0.3 is 19.4 Å². The fourth-order valence-corrected chi connectivity index (χ4v) is 8.85. The zero-order valence-corrected chi connectivity index (χ0v) is 34.0. The number of aromatic nitrogens is 4. The number of carbonyl (C=O) groups excluding carboxylic acids is 3. The summed E-state index contributed by atoms with van der Waals surface area (Å²) >= 11 is 0. The largest absolute Gasteiger partial charge is 0.469 e. The average Bonchev–Trinajstić information content (AvgIpc) is 3.89. The molecule has 0 saturated carbocycles. The quantitative estimate of drug-likeness (QED) is 0.181. The van der Waals surface area contributed by atoms with Gasteiger partial charge in [0.25, 0.3) is 0 Å². The van der Waals surface area contributed by atoms with Crippen molar-refractivity contribution < 1.29 is 23.9 Å². The van der Waals surface area contributed by atoms with Crippen molar-refractivity contribution in [3.63, 3.8) is 0 Å². The highest BCUT2D eigenvalue weighted by atomic mass is 16.6. The van der Waals surface area contributed by atoms with Crippen molar-refractivity contribution in [3.05, 3.63) is 92.6 Å². The van der Waals surface area contributed by atoms with Crippen LogP contribution in [0, 0.1) is 13.8 Å². The molecule has 2 N–H and O–H groups in total. The number of methoxy groups -OCH3 is 1. The van der Waals surface area contributed by atoms with E-state index in [-0.39, 0.29) is 48.3 Å². The van der Waals surface area contributed by atoms with E-state index in [2.05, 4.69) is 63.6 Å². The molecule has 0 spiro atoms. The van der Waals surface area contributed by atoms with Crippen LogP contribution in [0.1, 0.15) is 158 Å². The lowest BCUT2D eigenvalue weighted by Crippen LogP contribution is -2.23. The van der Waals surface area contributed by atoms with Gasteiger partial charge in [0.2, 0.25) is 0 Å². The van der Waals surface area contributed by atoms with Crippen molar-refractivity contribution in [1.82, 2.24) is 19.9 Å². The standard InChI is InChI=1S/C46H52N4O5/c1-12-29-23(4)32-21-35-38(22(2)3)26(7)42(49-35)40(27-13-15-28(16-14-27)45(53)55-46(8,9)10)41-24(5)30(17-18-37(52)54-11)43(50-41)31-19-36(51)39-25(6)33(48-44(31)39)20-34(29)47-32/h13-16,20-22,24,30,48-49H,12,17-19H2,1-11H3/t24-,30-/m0/s1. The van der Waals surface area contributed by atoms with Gasteiger partial charge in [0.15, 0.2) is 5.78 Å². The first-order valence-electron chi connectivity index (χ1n) is 19.5. The molecular weight excluding hydrogens is 689 g/mol. The fourth-order valence-electron chi connectivity index (χ4n) is 8.85. The molecule has 55 heavy (non-hydrogen) atoms.